The van der Waals surface area contributed by atoms with E-state index in [0.29, 0.717) is 32.5 Å². The zero-order valence-corrected chi connectivity index (χ0v) is 14.6. The normalized spacial score (nSPS) is 21.6. The highest BCUT2D eigenvalue weighted by molar-refractivity contribution is 6.00. The lowest BCUT2D eigenvalue weighted by molar-refractivity contribution is -0.138. The summed E-state index contributed by atoms with van der Waals surface area (Å²) < 4.78 is 0. The van der Waals surface area contributed by atoms with Gasteiger partial charge in [-0.05, 0) is 30.9 Å². The van der Waals surface area contributed by atoms with E-state index in [0.717, 1.165) is 17.7 Å². The summed E-state index contributed by atoms with van der Waals surface area (Å²) in [5.74, 6) is -0.700. The molecule has 0 bridgehead atoms. The number of rotatable bonds is 4. The number of hydrogen-bond donors (Lipinski definition) is 1. The number of primary amides is 1. The molecule has 2 aliphatic rings. The first kappa shape index (κ1) is 17.5. The number of para-hydroxylation sites is 1. The molecule has 1 atom stereocenters. The van der Waals surface area contributed by atoms with Gasteiger partial charge in [0.25, 0.3) is 0 Å². The molecular formula is C19H25N3O3. The number of aryl methyl sites for hydroxylation is 1. The van der Waals surface area contributed by atoms with Crippen molar-refractivity contribution < 1.29 is 14.4 Å². The Morgan fingerprint density at radius 1 is 1.16 bits per heavy atom. The first-order valence-corrected chi connectivity index (χ1v) is 8.97. The molecule has 0 spiro atoms. The van der Waals surface area contributed by atoms with Gasteiger partial charge in [0.1, 0.15) is 0 Å². The van der Waals surface area contributed by atoms with Crippen LogP contribution in [0, 0.1) is 11.8 Å². The second kappa shape index (κ2) is 7.25. The Morgan fingerprint density at radius 3 is 2.48 bits per heavy atom. The molecule has 0 radical (unpaired) electrons. The average molecular weight is 343 g/mol. The van der Waals surface area contributed by atoms with Crippen LogP contribution < -0.4 is 10.6 Å². The highest BCUT2D eigenvalue weighted by Gasteiger charge is 2.38. The van der Waals surface area contributed by atoms with E-state index >= 15 is 0 Å². The fourth-order valence-electron chi connectivity index (χ4n) is 3.82. The van der Waals surface area contributed by atoms with Crippen LogP contribution in [0.15, 0.2) is 24.3 Å². The lowest BCUT2D eigenvalue weighted by atomic mass is 9.95. The van der Waals surface area contributed by atoms with Crippen LogP contribution in [0.2, 0.25) is 0 Å². The highest BCUT2D eigenvalue weighted by Crippen LogP contribution is 2.30. The molecule has 2 aliphatic heterocycles. The van der Waals surface area contributed by atoms with E-state index in [1.54, 1.807) is 9.80 Å². The Hall–Kier alpha value is -2.37. The Morgan fingerprint density at radius 2 is 1.84 bits per heavy atom. The predicted octanol–water partition coefficient (Wildman–Crippen LogP) is 1.33. The number of anilines is 1. The molecule has 25 heavy (non-hydrogen) atoms. The van der Waals surface area contributed by atoms with Crippen LogP contribution in [0.1, 0.15) is 31.7 Å². The van der Waals surface area contributed by atoms with Crippen LogP contribution in [0.4, 0.5) is 5.69 Å². The van der Waals surface area contributed by atoms with Gasteiger partial charge >= 0.3 is 0 Å². The minimum atomic E-state index is -0.303. The van der Waals surface area contributed by atoms with Gasteiger partial charge in [-0.3, -0.25) is 14.4 Å². The molecule has 3 amide bonds. The number of likely N-dealkylation sites (tertiary alicyclic amines) is 1. The van der Waals surface area contributed by atoms with Crippen molar-refractivity contribution in [1.82, 2.24) is 4.90 Å². The summed E-state index contributed by atoms with van der Waals surface area (Å²) in [6, 6.07) is 7.86. The Kier molecular flexibility index (Phi) is 5.06. The molecule has 0 unspecified atom stereocenters. The molecular weight excluding hydrogens is 318 g/mol. The fourth-order valence-corrected chi connectivity index (χ4v) is 3.82. The number of carbonyl (C=O) groups is 3. The van der Waals surface area contributed by atoms with E-state index in [9.17, 15) is 14.4 Å². The van der Waals surface area contributed by atoms with Gasteiger partial charge in [0.05, 0.1) is 5.92 Å². The first-order valence-electron chi connectivity index (χ1n) is 8.97. The summed E-state index contributed by atoms with van der Waals surface area (Å²) in [5.41, 5.74) is 7.38. The molecule has 2 N–H and O–H groups in total. The lowest BCUT2D eigenvalue weighted by Crippen LogP contribution is -2.44. The van der Waals surface area contributed by atoms with E-state index in [2.05, 4.69) is 6.92 Å². The van der Waals surface area contributed by atoms with Crippen LogP contribution in [0.5, 0.6) is 0 Å². The number of nitrogens with two attached hydrogens (primary N) is 1. The number of hydrogen-bond acceptors (Lipinski definition) is 3. The second-order valence-corrected chi connectivity index (χ2v) is 6.89. The quantitative estimate of drug-likeness (QED) is 0.895. The average Bonchev–Trinajstić information content (AvgIpc) is 3.02. The van der Waals surface area contributed by atoms with E-state index < -0.39 is 0 Å². The summed E-state index contributed by atoms with van der Waals surface area (Å²) in [7, 11) is 0. The van der Waals surface area contributed by atoms with Crippen molar-refractivity contribution in [3.05, 3.63) is 29.8 Å². The zero-order valence-electron chi connectivity index (χ0n) is 14.6. The molecule has 3 rings (SSSR count). The topological polar surface area (TPSA) is 83.7 Å². The van der Waals surface area contributed by atoms with Gasteiger partial charge in [-0.1, -0.05) is 25.1 Å². The van der Waals surface area contributed by atoms with Crippen LogP contribution in [-0.2, 0) is 20.8 Å². The van der Waals surface area contributed by atoms with Gasteiger partial charge in [-0.25, -0.2) is 0 Å². The third kappa shape index (κ3) is 3.52. The van der Waals surface area contributed by atoms with Gasteiger partial charge < -0.3 is 15.5 Å². The van der Waals surface area contributed by atoms with Gasteiger partial charge in [0.15, 0.2) is 0 Å². The van der Waals surface area contributed by atoms with Gasteiger partial charge in [-0.2, -0.15) is 0 Å². The summed E-state index contributed by atoms with van der Waals surface area (Å²) in [6.07, 6.45) is 2.33. The smallest absolute Gasteiger partial charge is 0.228 e. The van der Waals surface area contributed by atoms with Crippen LogP contribution in [-0.4, -0.2) is 42.3 Å². The minimum Gasteiger partial charge on any atom is -0.369 e. The molecule has 6 nitrogen and oxygen atoms in total. The SMILES string of the molecule is CCc1ccccc1N1C[C@H](C(=O)N2CCC(C(N)=O)CC2)CC1=O. The second-order valence-electron chi connectivity index (χ2n) is 6.89. The third-order valence-electron chi connectivity index (χ3n) is 5.35. The Labute approximate surface area is 148 Å². The van der Waals surface area contributed by atoms with E-state index in [-0.39, 0.29) is 36.0 Å². The highest BCUT2D eigenvalue weighted by atomic mass is 16.2. The summed E-state index contributed by atoms with van der Waals surface area (Å²) >= 11 is 0. The molecule has 1 aromatic rings. The van der Waals surface area contributed by atoms with Crippen molar-refractivity contribution in [2.45, 2.75) is 32.6 Å². The molecule has 0 aliphatic carbocycles. The molecule has 0 saturated carbocycles. The van der Waals surface area contributed by atoms with Crippen molar-refractivity contribution in [3.8, 4) is 0 Å². The number of piperidine rings is 1. The van der Waals surface area contributed by atoms with Gasteiger partial charge in [0, 0.05) is 37.7 Å². The lowest BCUT2D eigenvalue weighted by Gasteiger charge is -2.32. The Balaban J connectivity index is 1.66. The number of benzene rings is 1. The van der Waals surface area contributed by atoms with Crippen molar-refractivity contribution in [3.63, 3.8) is 0 Å². The molecule has 134 valence electrons. The Bertz CT molecular complexity index is 680. The fraction of sp³-hybridized carbons (Fsp3) is 0.526. The number of nitrogens with zero attached hydrogens (tertiary/aromatic N) is 2. The summed E-state index contributed by atoms with van der Waals surface area (Å²) in [4.78, 5) is 40.1. The summed E-state index contributed by atoms with van der Waals surface area (Å²) in [5, 5.41) is 0. The van der Waals surface area contributed by atoms with Crippen molar-refractivity contribution in [2.75, 3.05) is 24.5 Å². The molecule has 0 aromatic heterocycles. The van der Waals surface area contributed by atoms with Gasteiger partial charge in [0.2, 0.25) is 17.7 Å². The van der Waals surface area contributed by atoms with Crippen LogP contribution in [0.25, 0.3) is 0 Å². The molecule has 2 saturated heterocycles. The predicted molar refractivity (Wildman–Crippen MR) is 94.8 cm³/mol. The maximum absolute atomic E-state index is 12.8. The largest absolute Gasteiger partial charge is 0.369 e. The standard InChI is InChI=1S/C19H25N3O3/c1-2-13-5-3-4-6-16(13)22-12-15(11-17(22)23)19(25)21-9-7-14(8-10-21)18(20)24/h3-6,14-15H,2,7-12H2,1H3,(H2,20,24)/t15-/m1/s1. The zero-order chi connectivity index (χ0) is 18.0. The molecule has 2 heterocycles. The number of amides is 3. The van der Waals surface area contributed by atoms with Gasteiger partial charge in [-0.15, -0.1) is 0 Å². The van der Waals surface area contributed by atoms with E-state index in [1.807, 2.05) is 24.3 Å². The number of carbonyl (C=O) groups excluding carboxylic acids is 3. The van der Waals surface area contributed by atoms with Crippen molar-refractivity contribution in [1.29, 1.82) is 0 Å². The van der Waals surface area contributed by atoms with Crippen molar-refractivity contribution >= 4 is 23.4 Å². The molecule has 2 fully saturated rings. The van der Waals surface area contributed by atoms with Crippen molar-refractivity contribution in [2.24, 2.45) is 17.6 Å². The first-order chi connectivity index (χ1) is 12.0. The third-order valence-corrected chi connectivity index (χ3v) is 5.35. The monoisotopic (exact) mass is 343 g/mol. The summed E-state index contributed by atoms with van der Waals surface area (Å²) in [6.45, 7) is 3.58. The maximum Gasteiger partial charge on any atom is 0.228 e. The molecule has 6 heteroatoms. The van der Waals surface area contributed by atoms with Crippen LogP contribution in [0.3, 0.4) is 0 Å². The minimum absolute atomic E-state index is 0.00581. The van der Waals surface area contributed by atoms with E-state index in [1.165, 1.54) is 0 Å². The van der Waals surface area contributed by atoms with Crippen LogP contribution >= 0.6 is 0 Å². The molecule has 1 aromatic carbocycles. The maximum atomic E-state index is 12.8. The van der Waals surface area contributed by atoms with E-state index in [4.69, 9.17) is 5.73 Å².